The number of hydrogen-bond acceptors (Lipinski definition) is 6. The Balaban J connectivity index is 2.03. The van der Waals surface area contributed by atoms with Crippen molar-refractivity contribution in [1.82, 2.24) is 10.0 Å². The number of carbonyl (C=O) groups is 1. The van der Waals surface area contributed by atoms with Crippen LogP contribution >= 0.6 is 11.6 Å². The van der Waals surface area contributed by atoms with Crippen LogP contribution in [0.4, 0.5) is 13.2 Å². The molecule has 0 spiro atoms. The summed E-state index contributed by atoms with van der Waals surface area (Å²) in [6.07, 6.45) is -4.75. The Morgan fingerprint density at radius 3 is 2.30 bits per heavy atom. The summed E-state index contributed by atoms with van der Waals surface area (Å²) < 4.78 is 48.6. The van der Waals surface area contributed by atoms with Gasteiger partial charge in [-0.15, -0.1) is 5.06 Å². The van der Waals surface area contributed by atoms with Crippen LogP contribution < -0.4 is 9.47 Å². The summed E-state index contributed by atoms with van der Waals surface area (Å²) >= 11 is 5.79. The van der Waals surface area contributed by atoms with Crippen LogP contribution in [0.5, 0.6) is 17.4 Å². The van der Waals surface area contributed by atoms with Crippen LogP contribution in [0.15, 0.2) is 36.5 Å². The van der Waals surface area contributed by atoms with Gasteiger partial charge < -0.3 is 14.3 Å². The SMILES string of the molecule is CC(Oc1ccc(Oc2ncc(C(F)(F)F)cc2Cl)cc1)C(=O)ON(C)C. The molecule has 0 saturated heterocycles. The van der Waals surface area contributed by atoms with Gasteiger partial charge in [0.15, 0.2) is 6.10 Å². The number of benzene rings is 1. The first-order valence-electron chi connectivity index (χ1n) is 7.62. The van der Waals surface area contributed by atoms with Crippen molar-refractivity contribution in [2.45, 2.75) is 19.2 Å². The lowest BCUT2D eigenvalue weighted by Gasteiger charge is -2.16. The van der Waals surface area contributed by atoms with Gasteiger partial charge in [-0.05, 0) is 37.3 Å². The molecule has 0 N–H and O–H groups in total. The minimum absolute atomic E-state index is 0.165. The van der Waals surface area contributed by atoms with Crippen LogP contribution in [0, 0.1) is 0 Å². The predicted octanol–water partition coefficient (Wildman–Crippen LogP) is 4.33. The number of halogens is 4. The number of carbonyl (C=O) groups excluding carboxylic acids is 1. The van der Waals surface area contributed by atoms with Gasteiger partial charge in [-0.3, -0.25) is 0 Å². The number of hydroxylamine groups is 2. The molecule has 0 aliphatic heterocycles. The van der Waals surface area contributed by atoms with E-state index >= 15 is 0 Å². The Bertz CT molecular complexity index is 798. The molecule has 0 radical (unpaired) electrons. The van der Waals surface area contributed by atoms with Crippen molar-refractivity contribution in [3.8, 4) is 17.4 Å². The molecule has 0 amide bonds. The summed E-state index contributed by atoms with van der Waals surface area (Å²) in [4.78, 5) is 20.2. The van der Waals surface area contributed by atoms with Gasteiger partial charge in [0.05, 0.1) is 5.56 Å². The summed E-state index contributed by atoms with van der Waals surface area (Å²) in [5.41, 5.74) is -0.970. The summed E-state index contributed by atoms with van der Waals surface area (Å²) in [6, 6.07) is 6.77. The van der Waals surface area contributed by atoms with E-state index in [0.29, 0.717) is 11.9 Å². The Labute approximate surface area is 158 Å². The van der Waals surface area contributed by atoms with E-state index in [1.807, 2.05) is 0 Å². The number of aromatic nitrogens is 1. The number of nitrogens with zero attached hydrogens (tertiary/aromatic N) is 2. The van der Waals surface area contributed by atoms with E-state index in [0.717, 1.165) is 6.07 Å². The fourth-order valence-corrected chi connectivity index (χ4v) is 2.06. The maximum Gasteiger partial charge on any atom is 0.417 e. The third-order valence-corrected chi connectivity index (χ3v) is 3.36. The molecule has 0 aliphatic rings. The molecule has 1 atom stereocenters. The number of rotatable bonds is 6. The third kappa shape index (κ3) is 6.00. The average Bonchev–Trinajstić information content (AvgIpc) is 2.56. The van der Waals surface area contributed by atoms with Crippen molar-refractivity contribution in [3.05, 3.63) is 47.1 Å². The second-order valence-electron chi connectivity index (χ2n) is 5.56. The molecule has 1 unspecified atom stereocenters. The van der Waals surface area contributed by atoms with Crippen molar-refractivity contribution in [1.29, 1.82) is 0 Å². The topological polar surface area (TPSA) is 60.9 Å². The molecule has 1 heterocycles. The fraction of sp³-hybridized carbons (Fsp3) is 0.294. The van der Waals surface area contributed by atoms with E-state index in [4.69, 9.17) is 25.9 Å². The molecule has 2 rings (SSSR count). The summed E-state index contributed by atoms with van der Waals surface area (Å²) in [7, 11) is 3.13. The molecule has 1 aromatic heterocycles. The molecule has 1 aromatic carbocycles. The second-order valence-corrected chi connectivity index (χ2v) is 5.97. The fourth-order valence-electron chi connectivity index (χ4n) is 1.86. The normalized spacial score (nSPS) is 12.6. The zero-order valence-corrected chi connectivity index (χ0v) is 15.3. The zero-order chi connectivity index (χ0) is 20.2. The molecule has 2 aromatic rings. The molecule has 10 heteroatoms. The van der Waals surface area contributed by atoms with Gasteiger partial charge in [0.25, 0.3) is 0 Å². The highest BCUT2D eigenvalue weighted by Crippen LogP contribution is 2.34. The standard InChI is InChI=1S/C17H16ClF3N2O4/c1-10(16(24)27-23(2)3)25-12-4-6-13(7-5-12)26-15-14(18)8-11(9-22-15)17(19,20)21/h4-10H,1-3H3. The molecule has 146 valence electrons. The lowest BCUT2D eigenvalue weighted by Crippen LogP contribution is -2.30. The monoisotopic (exact) mass is 404 g/mol. The van der Waals surface area contributed by atoms with E-state index in [2.05, 4.69) is 4.98 Å². The van der Waals surface area contributed by atoms with E-state index in [-0.39, 0.29) is 16.7 Å². The van der Waals surface area contributed by atoms with E-state index in [1.165, 1.54) is 36.3 Å². The van der Waals surface area contributed by atoms with Crippen molar-refractivity contribution in [3.63, 3.8) is 0 Å². The van der Waals surface area contributed by atoms with Gasteiger partial charge in [-0.1, -0.05) is 11.6 Å². The lowest BCUT2D eigenvalue weighted by molar-refractivity contribution is -0.185. The highest BCUT2D eigenvalue weighted by Gasteiger charge is 2.31. The first-order chi connectivity index (χ1) is 12.6. The largest absolute Gasteiger partial charge is 0.479 e. The average molecular weight is 405 g/mol. The first kappa shape index (κ1) is 20.8. The molecule has 0 fully saturated rings. The smallest absolute Gasteiger partial charge is 0.417 e. The third-order valence-electron chi connectivity index (χ3n) is 3.09. The van der Waals surface area contributed by atoms with E-state index in [9.17, 15) is 18.0 Å². The van der Waals surface area contributed by atoms with Crippen LogP contribution in [0.1, 0.15) is 12.5 Å². The van der Waals surface area contributed by atoms with Crippen LogP contribution in [0.25, 0.3) is 0 Å². The van der Waals surface area contributed by atoms with Crippen LogP contribution in [0.2, 0.25) is 5.02 Å². The van der Waals surface area contributed by atoms with Gasteiger partial charge >= 0.3 is 12.1 Å². The number of ether oxygens (including phenoxy) is 2. The molecular weight excluding hydrogens is 389 g/mol. The van der Waals surface area contributed by atoms with Gasteiger partial charge in [0.2, 0.25) is 5.88 Å². The summed E-state index contributed by atoms with van der Waals surface area (Å²) in [5, 5.41) is 0.977. The predicted molar refractivity (Wildman–Crippen MR) is 90.6 cm³/mol. The Hall–Kier alpha value is -2.52. The maximum atomic E-state index is 12.6. The Morgan fingerprint density at radius 2 is 1.78 bits per heavy atom. The molecule has 27 heavy (non-hydrogen) atoms. The van der Waals surface area contributed by atoms with E-state index < -0.39 is 23.8 Å². The minimum Gasteiger partial charge on any atom is -0.479 e. The second kappa shape index (κ2) is 8.45. The zero-order valence-electron chi connectivity index (χ0n) is 14.6. The molecule has 0 saturated carbocycles. The highest BCUT2D eigenvalue weighted by molar-refractivity contribution is 6.31. The van der Waals surface area contributed by atoms with Gasteiger partial charge in [0.1, 0.15) is 16.5 Å². The highest BCUT2D eigenvalue weighted by atomic mass is 35.5. The molecule has 6 nitrogen and oxygen atoms in total. The number of hydrogen-bond donors (Lipinski definition) is 0. The van der Waals surface area contributed by atoms with Crippen molar-refractivity contribution in [2.24, 2.45) is 0 Å². The number of alkyl halides is 3. The Kier molecular flexibility index (Phi) is 6.50. The van der Waals surface area contributed by atoms with Crippen molar-refractivity contribution >= 4 is 17.6 Å². The van der Waals surface area contributed by atoms with Crippen LogP contribution in [-0.2, 0) is 15.8 Å². The molecule has 0 bridgehead atoms. The first-order valence-corrected chi connectivity index (χ1v) is 8.00. The van der Waals surface area contributed by atoms with Crippen molar-refractivity contribution in [2.75, 3.05) is 14.1 Å². The van der Waals surface area contributed by atoms with Crippen molar-refractivity contribution < 1.29 is 32.3 Å². The summed E-state index contributed by atoms with van der Waals surface area (Å²) in [6.45, 7) is 1.53. The van der Waals surface area contributed by atoms with Gasteiger partial charge in [0, 0.05) is 20.3 Å². The van der Waals surface area contributed by atoms with Crippen LogP contribution in [-0.4, -0.2) is 36.2 Å². The Morgan fingerprint density at radius 1 is 1.19 bits per heavy atom. The van der Waals surface area contributed by atoms with Gasteiger partial charge in [-0.2, -0.15) is 13.2 Å². The van der Waals surface area contributed by atoms with Crippen LogP contribution in [0.3, 0.4) is 0 Å². The summed E-state index contributed by atoms with van der Waals surface area (Å²) in [5.74, 6) is -0.0839. The number of pyridine rings is 1. The lowest BCUT2D eigenvalue weighted by atomic mass is 10.3. The van der Waals surface area contributed by atoms with E-state index in [1.54, 1.807) is 14.1 Å². The van der Waals surface area contributed by atoms with Gasteiger partial charge in [-0.25, -0.2) is 9.78 Å². The molecule has 0 aliphatic carbocycles. The minimum atomic E-state index is -4.54. The molecular formula is C17H16ClF3N2O4. The quantitative estimate of drug-likeness (QED) is 0.668. The maximum absolute atomic E-state index is 12.6.